The second-order valence-electron chi connectivity index (χ2n) is 9.11. The van der Waals surface area contributed by atoms with Crippen molar-refractivity contribution < 1.29 is 27.1 Å². The maximum Gasteiger partial charge on any atom is 0.281 e. The molecular weight excluding hydrogens is 511 g/mol. The number of carbonyl (C=O) groups excluding carboxylic acids is 1. The third-order valence-corrected chi connectivity index (χ3v) is 6.72. The number of halogens is 1. The number of nitrogens with zero attached hydrogens (tertiary/aromatic N) is 2. The third kappa shape index (κ3) is 6.17. The van der Waals surface area contributed by atoms with Gasteiger partial charge in [-0.1, -0.05) is 32.0 Å². The van der Waals surface area contributed by atoms with Gasteiger partial charge in [0.15, 0.2) is 5.03 Å². The van der Waals surface area contributed by atoms with Crippen molar-refractivity contribution in [2.75, 3.05) is 6.61 Å². The molecule has 0 bridgehead atoms. The van der Waals surface area contributed by atoms with Crippen molar-refractivity contribution in [3.05, 3.63) is 83.3 Å². The number of para-hydroxylation sites is 1. The van der Waals surface area contributed by atoms with Crippen LogP contribution >= 0.6 is 0 Å². The lowest BCUT2D eigenvalue weighted by molar-refractivity contribution is 0.0978. The van der Waals surface area contributed by atoms with Crippen molar-refractivity contribution in [1.29, 1.82) is 0 Å². The molecule has 0 atom stereocenters. The number of sulfonamides is 1. The standard InChI is InChI=1S/C27H27FN4O5S/c1-16(2)15-36-21-13-19(12-20(28)14-21)23-9-8-22(26(33)32-38(34,35)24-10-11-29-31-24)27(30-23)37-25-17(3)6-5-7-18(25)4/h5-14,16H,15H2,1-4H3,(H,29,31)(H,32,33). The molecule has 0 aliphatic carbocycles. The van der Waals surface area contributed by atoms with E-state index in [4.69, 9.17) is 9.47 Å². The van der Waals surface area contributed by atoms with Gasteiger partial charge >= 0.3 is 0 Å². The van der Waals surface area contributed by atoms with Crippen LogP contribution in [0.5, 0.6) is 17.4 Å². The first-order valence-electron chi connectivity index (χ1n) is 11.8. The molecular formula is C27H27FN4O5S. The number of rotatable bonds is 9. The van der Waals surface area contributed by atoms with Gasteiger partial charge in [0.2, 0.25) is 5.88 Å². The molecule has 0 spiro atoms. The smallest absolute Gasteiger partial charge is 0.281 e. The number of aryl methyl sites for hydroxylation is 2. The van der Waals surface area contributed by atoms with E-state index >= 15 is 0 Å². The lowest BCUT2D eigenvalue weighted by Crippen LogP contribution is -2.31. The van der Waals surface area contributed by atoms with Crippen LogP contribution < -0.4 is 14.2 Å². The highest BCUT2D eigenvalue weighted by molar-refractivity contribution is 7.90. The summed E-state index contributed by atoms with van der Waals surface area (Å²) in [6, 6.07) is 13.8. The predicted molar refractivity (Wildman–Crippen MR) is 139 cm³/mol. The number of ether oxygens (including phenoxy) is 2. The van der Waals surface area contributed by atoms with Crippen LogP contribution in [0.1, 0.15) is 35.3 Å². The average Bonchev–Trinajstić information content (AvgIpc) is 3.41. The fraction of sp³-hybridized carbons (Fsp3) is 0.222. The molecule has 11 heteroatoms. The van der Waals surface area contributed by atoms with E-state index in [-0.39, 0.29) is 22.4 Å². The molecule has 38 heavy (non-hydrogen) atoms. The number of aromatic amines is 1. The minimum atomic E-state index is -4.22. The first-order valence-corrected chi connectivity index (χ1v) is 13.3. The van der Waals surface area contributed by atoms with Gasteiger partial charge in [0.25, 0.3) is 15.9 Å². The molecule has 2 N–H and O–H groups in total. The lowest BCUT2D eigenvalue weighted by atomic mass is 10.1. The van der Waals surface area contributed by atoms with Crippen LogP contribution in [0.25, 0.3) is 11.3 Å². The van der Waals surface area contributed by atoms with Gasteiger partial charge in [0, 0.05) is 11.6 Å². The molecule has 4 aromatic rings. The van der Waals surface area contributed by atoms with Gasteiger partial charge in [0.05, 0.1) is 18.5 Å². The van der Waals surface area contributed by atoms with E-state index in [0.29, 0.717) is 29.4 Å². The molecule has 0 aliphatic heterocycles. The Labute approximate surface area is 220 Å². The molecule has 0 aliphatic rings. The molecule has 2 aromatic heterocycles. The number of hydrogen-bond acceptors (Lipinski definition) is 7. The summed E-state index contributed by atoms with van der Waals surface area (Å²) in [4.78, 5) is 17.6. The van der Waals surface area contributed by atoms with Gasteiger partial charge in [-0.25, -0.2) is 14.1 Å². The van der Waals surface area contributed by atoms with Crippen LogP contribution in [-0.4, -0.2) is 36.1 Å². The SMILES string of the molecule is Cc1cccc(C)c1Oc1nc(-c2cc(F)cc(OCC(C)C)c2)ccc1C(=O)NS(=O)(=O)c1ccn[nH]1. The predicted octanol–water partition coefficient (Wildman–Crippen LogP) is 5.17. The van der Waals surface area contributed by atoms with Gasteiger partial charge in [-0.3, -0.25) is 9.89 Å². The summed E-state index contributed by atoms with van der Waals surface area (Å²) < 4.78 is 53.4. The Morgan fingerprint density at radius 2 is 1.82 bits per heavy atom. The summed E-state index contributed by atoms with van der Waals surface area (Å²) in [6.45, 7) is 8.03. The normalized spacial score (nSPS) is 11.4. The van der Waals surface area contributed by atoms with Crippen LogP contribution in [0.2, 0.25) is 0 Å². The van der Waals surface area contributed by atoms with Gasteiger partial charge in [-0.15, -0.1) is 0 Å². The summed E-state index contributed by atoms with van der Waals surface area (Å²) >= 11 is 0. The van der Waals surface area contributed by atoms with E-state index in [2.05, 4.69) is 15.2 Å². The number of aromatic nitrogens is 3. The molecule has 0 saturated heterocycles. The molecule has 0 saturated carbocycles. The van der Waals surface area contributed by atoms with Gasteiger partial charge in [-0.05, 0) is 61.2 Å². The maximum atomic E-state index is 14.4. The number of pyridine rings is 1. The zero-order valence-electron chi connectivity index (χ0n) is 21.3. The Morgan fingerprint density at radius 1 is 1.08 bits per heavy atom. The first-order chi connectivity index (χ1) is 18.0. The van der Waals surface area contributed by atoms with E-state index in [0.717, 1.165) is 11.1 Å². The van der Waals surface area contributed by atoms with Crippen molar-refractivity contribution >= 4 is 15.9 Å². The summed E-state index contributed by atoms with van der Waals surface area (Å²) in [5.41, 5.74) is 2.12. The molecule has 0 unspecified atom stereocenters. The van der Waals surface area contributed by atoms with Crippen LogP contribution in [0, 0.1) is 25.6 Å². The number of amides is 1. The molecule has 2 aromatic carbocycles. The fourth-order valence-corrected chi connectivity index (χ4v) is 4.47. The number of carbonyl (C=O) groups is 1. The monoisotopic (exact) mass is 538 g/mol. The van der Waals surface area contributed by atoms with Gasteiger partial charge < -0.3 is 9.47 Å². The summed E-state index contributed by atoms with van der Waals surface area (Å²) in [7, 11) is -4.22. The second kappa shape index (κ2) is 11.0. The highest BCUT2D eigenvalue weighted by Crippen LogP contribution is 2.33. The summed E-state index contributed by atoms with van der Waals surface area (Å²) in [6.07, 6.45) is 1.25. The van der Waals surface area contributed by atoms with E-state index in [1.165, 1.54) is 36.5 Å². The minimum absolute atomic E-state index is 0.132. The maximum absolute atomic E-state index is 14.4. The number of benzene rings is 2. The van der Waals surface area contributed by atoms with E-state index < -0.39 is 21.7 Å². The van der Waals surface area contributed by atoms with E-state index in [1.54, 1.807) is 6.07 Å². The second-order valence-corrected chi connectivity index (χ2v) is 10.8. The average molecular weight is 539 g/mol. The lowest BCUT2D eigenvalue weighted by Gasteiger charge is -2.15. The van der Waals surface area contributed by atoms with E-state index in [9.17, 15) is 17.6 Å². The fourth-order valence-electron chi connectivity index (χ4n) is 3.59. The molecule has 0 fully saturated rings. The Hall–Kier alpha value is -4.25. The Kier molecular flexibility index (Phi) is 7.77. The quantitative estimate of drug-likeness (QED) is 0.301. The molecule has 9 nitrogen and oxygen atoms in total. The summed E-state index contributed by atoms with van der Waals surface area (Å²) in [5.74, 6) is -0.588. The van der Waals surface area contributed by atoms with Crippen molar-refractivity contribution in [1.82, 2.24) is 19.9 Å². The molecule has 1 amide bonds. The zero-order chi connectivity index (χ0) is 27.4. The van der Waals surface area contributed by atoms with Crippen LogP contribution in [0.4, 0.5) is 4.39 Å². The number of H-pyrrole nitrogens is 1. The van der Waals surface area contributed by atoms with Gasteiger partial charge in [-0.2, -0.15) is 13.5 Å². The molecule has 198 valence electrons. The van der Waals surface area contributed by atoms with E-state index in [1.807, 2.05) is 50.6 Å². The van der Waals surface area contributed by atoms with Crippen LogP contribution in [-0.2, 0) is 10.0 Å². The van der Waals surface area contributed by atoms with Crippen LogP contribution in [0.3, 0.4) is 0 Å². The largest absolute Gasteiger partial charge is 0.493 e. The Bertz CT molecular complexity index is 1550. The highest BCUT2D eigenvalue weighted by atomic mass is 32.2. The van der Waals surface area contributed by atoms with Crippen LogP contribution in [0.15, 0.2) is 65.8 Å². The molecule has 2 heterocycles. The highest BCUT2D eigenvalue weighted by Gasteiger charge is 2.24. The third-order valence-electron chi connectivity index (χ3n) is 5.45. The Morgan fingerprint density at radius 3 is 2.47 bits per heavy atom. The van der Waals surface area contributed by atoms with Crippen molar-refractivity contribution in [2.45, 2.75) is 32.7 Å². The minimum Gasteiger partial charge on any atom is -0.493 e. The number of nitrogens with one attached hydrogen (secondary N) is 2. The van der Waals surface area contributed by atoms with Crippen molar-refractivity contribution in [3.63, 3.8) is 0 Å². The Balaban J connectivity index is 1.76. The molecule has 0 radical (unpaired) electrons. The topological polar surface area (TPSA) is 123 Å². The number of hydrogen-bond donors (Lipinski definition) is 2. The summed E-state index contributed by atoms with van der Waals surface area (Å²) in [5, 5.41) is 5.65. The zero-order valence-corrected chi connectivity index (χ0v) is 22.1. The molecule has 4 rings (SSSR count). The first kappa shape index (κ1) is 26.8. The van der Waals surface area contributed by atoms with Gasteiger partial charge in [0.1, 0.15) is 22.9 Å². The van der Waals surface area contributed by atoms with Crippen molar-refractivity contribution in [3.8, 4) is 28.6 Å². The van der Waals surface area contributed by atoms with Crippen molar-refractivity contribution in [2.24, 2.45) is 5.92 Å².